The summed E-state index contributed by atoms with van der Waals surface area (Å²) in [4.78, 5) is 3.89. The summed E-state index contributed by atoms with van der Waals surface area (Å²) in [5.41, 5.74) is 7.30. The van der Waals surface area contributed by atoms with Gasteiger partial charge in [0.25, 0.3) is 0 Å². The van der Waals surface area contributed by atoms with Crippen molar-refractivity contribution >= 4 is 11.5 Å². The minimum absolute atomic E-state index is 0.228. The largest absolute Gasteiger partial charge is 0.384 e. The zero-order chi connectivity index (χ0) is 11.4. The molecular weight excluding hydrogens is 205 g/mol. The molecular formula is C12H12FN3. The first-order valence-electron chi connectivity index (χ1n) is 4.94. The molecule has 0 aliphatic heterocycles. The Labute approximate surface area is 93.1 Å². The number of halogens is 1. The number of benzene rings is 1. The first kappa shape index (κ1) is 10.4. The van der Waals surface area contributed by atoms with Crippen molar-refractivity contribution in [2.75, 3.05) is 11.1 Å². The highest BCUT2D eigenvalue weighted by atomic mass is 19.1. The molecule has 2 rings (SSSR count). The predicted octanol–water partition coefficient (Wildman–Crippen LogP) is 2.42. The van der Waals surface area contributed by atoms with E-state index in [9.17, 15) is 4.39 Å². The third-order valence-electron chi connectivity index (χ3n) is 2.17. The lowest BCUT2D eigenvalue weighted by Gasteiger charge is -2.06. The van der Waals surface area contributed by atoms with Crippen molar-refractivity contribution in [1.82, 2.24) is 4.98 Å². The second kappa shape index (κ2) is 4.61. The van der Waals surface area contributed by atoms with Gasteiger partial charge >= 0.3 is 0 Å². The lowest BCUT2D eigenvalue weighted by atomic mass is 10.2. The van der Waals surface area contributed by atoms with E-state index in [4.69, 9.17) is 5.73 Å². The molecule has 0 saturated heterocycles. The van der Waals surface area contributed by atoms with Gasteiger partial charge in [0, 0.05) is 24.5 Å². The fourth-order valence-corrected chi connectivity index (χ4v) is 1.41. The molecule has 2 aromatic rings. The average Bonchev–Trinajstić information content (AvgIpc) is 2.27. The molecule has 16 heavy (non-hydrogen) atoms. The molecule has 0 atom stereocenters. The van der Waals surface area contributed by atoms with E-state index in [1.54, 1.807) is 18.3 Å². The van der Waals surface area contributed by atoms with Gasteiger partial charge < -0.3 is 11.1 Å². The van der Waals surface area contributed by atoms with Gasteiger partial charge in [-0.2, -0.15) is 0 Å². The first-order valence-corrected chi connectivity index (χ1v) is 4.94. The lowest BCUT2D eigenvalue weighted by molar-refractivity contribution is 0.626. The van der Waals surface area contributed by atoms with E-state index in [1.165, 1.54) is 12.1 Å². The van der Waals surface area contributed by atoms with E-state index in [-0.39, 0.29) is 5.82 Å². The third-order valence-corrected chi connectivity index (χ3v) is 2.17. The van der Waals surface area contributed by atoms with Gasteiger partial charge in [0.1, 0.15) is 11.6 Å². The molecule has 0 bridgehead atoms. The molecule has 3 nitrogen and oxygen atoms in total. The van der Waals surface area contributed by atoms with Crippen LogP contribution in [0.1, 0.15) is 5.56 Å². The molecule has 0 aliphatic rings. The van der Waals surface area contributed by atoms with Gasteiger partial charge in [-0.1, -0.05) is 12.1 Å². The van der Waals surface area contributed by atoms with Crippen LogP contribution in [0, 0.1) is 5.82 Å². The van der Waals surface area contributed by atoms with Crippen LogP contribution in [0.2, 0.25) is 0 Å². The van der Waals surface area contributed by atoms with Crippen molar-refractivity contribution in [3.8, 4) is 0 Å². The van der Waals surface area contributed by atoms with Crippen molar-refractivity contribution in [3.05, 3.63) is 54.0 Å². The zero-order valence-electron chi connectivity index (χ0n) is 8.65. The number of aromatic nitrogens is 1. The minimum atomic E-state index is -0.228. The monoisotopic (exact) mass is 217 g/mol. The molecule has 1 heterocycles. The number of hydrogen-bond donors (Lipinski definition) is 2. The predicted molar refractivity (Wildman–Crippen MR) is 62.4 cm³/mol. The highest BCUT2D eigenvalue weighted by Gasteiger charge is 1.96. The Balaban J connectivity index is 2.02. The number of nitrogens with one attached hydrogen (secondary N) is 1. The number of hydrogen-bond acceptors (Lipinski definition) is 3. The molecule has 4 heteroatoms. The molecule has 0 aliphatic carbocycles. The van der Waals surface area contributed by atoms with Gasteiger partial charge in [-0.25, -0.2) is 9.37 Å². The molecule has 0 fully saturated rings. The van der Waals surface area contributed by atoms with Crippen molar-refractivity contribution < 1.29 is 4.39 Å². The Kier molecular flexibility index (Phi) is 3.00. The van der Waals surface area contributed by atoms with Crippen molar-refractivity contribution in [3.63, 3.8) is 0 Å². The van der Waals surface area contributed by atoms with Gasteiger partial charge in [-0.05, 0) is 23.8 Å². The number of nitrogen functional groups attached to an aromatic ring is 1. The normalized spacial score (nSPS) is 10.1. The number of nitrogens with two attached hydrogens (primary N) is 1. The molecule has 1 aromatic carbocycles. The second-order valence-electron chi connectivity index (χ2n) is 3.45. The second-order valence-corrected chi connectivity index (χ2v) is 3.45. The molecule has 1 aromatic heterocycles. The van der Waals surface area contributed by atoms with Gasteiger partial charge in [-0.3, -0.25) is 0 Å². The summed E-state index contributed by atoms with van der Waals surface area (Å²) in [6, 6.07) is 10.0. The molecule has 0 radical (unpaired) electrons. The quantitative estimate of drug-likeness (QED) is 0.830. The van der Waals surface area contributed by atoms with Crippen LogP contribution >= 0.6 is 0 Å². The average molecular weight is 217 g/mol. The van der Waals surface area contributed by atoms with Crippen LogP contribution in [-0.4, -0.2) is 4.98 Å². The SMILES string of the molecule is Nc1cc(NCc2cccc(F)c2)ccn1. The van der Waals surface area contributed by atoms with Crippen molar-refractivity contribution in [2.45, 2.75) is 6.54 Å². The molecule has 82 valence electrons. The van der Waals surface area contributed by atoms with Crippen LogP contribution in [0.15, 0.2) is 42.6 Å². The zero-order valence-corrected chi connectivity index (χ0v) is 8.65. The standard InChI is InChI=1S/C12H12FN3/c13-10-3-1-2-9(6-10)8-16-11-4-5-15-12(14)7-11/h1-7H,8H2,(H3,14,15,16). The number of anilines is 2. The van der Waals surface area contributed by atoms with E-state index < -0.39 is 0 Å². The summed E-state index contributed by atoms with van der Waals surface area (Å²) in [5, 5.41) is 3.14. The van der Waals surface area contributed by atoms with Gasteiger partial charge in [0.05, 0.1) is 0 Å². The van der Waals surface area contributed by atoms with E-state index in [0.717, 1.165) is 11.3 Å². The first-order chi connectivity index (χ1) is 7.74. The van der Waals surface area contributed by atoms with Crippen molar-refractivity contribution in [2.24, 2.45) is 0 Å². The van der Waals surface area contributed by atoms with Crippen LogP contribution in [0.3, 0.4) is 0 Å². The third kappa shape index (κ3) is 2.70. The Morgan fingerprint density at radius 3 is 2.88 bits per heavy atom. The number of nitrogens with zero attached hydrogens (tertiary/aromatic N) is 1. The number of pyridine rings is 1. The van der Waals surface area contributed by atoms with Crippen LogP contribution < -0.4 is 11.1 Å². The lowest BCUT2D eigenvalue weighted by Crippen LogP contribution is -2.00. The van der Waals surface area contributed by atoms with Gasteiger partial charge in [-0.15, -0.1) is 0 Å². The number of rotatable bonds is 3. The maximum Gasteiger partial charge on any atom is 0.125 e. The Morgan fingerprint density at radius 2 is 2.12 bits per heavy atom. The fourth-order valence-electron chi connectivity index (χ4n) is 1.41. The van der Waals surface area contributed by atoms with Crippen LogP contribution in [0.4, 0.5) is 15.9 Å². The molecule has 0 amide bonds. The summed E-state index contributed by atoms with van der Waals surface area (Å²) in [6.07, 6.45) is 1.63. The van der Waals surface area contributed by atoms with Crippen molar-refractivity contribution in [1.29, 1.82) is 0 Å². The molecule has 0 unspecified atom stereocenters. The fraction of sp³-hybridized carbons (Fsp3) is 0.0833. The minimum Gasteiger partial charge on any atom is -0.384 e. The van der Waals surface area contributed by atoms with E-state index in [2.05, 4.69) is 10.3 Å². The van der Waals surface area contributed by atoms with E-state index >= 15 is 0 Å². The summed E-state index contributed by atoms with van der Waals surface area (Å²) in [6.45, 7) is 0.557. The smallest absolute Gasteiger partial charge is 0.125 e. The highest BCUT2D eigenvalue weighted by molar-refractivity contribution is 5.49. The molecule has 0 saturated carbocycles. The van der Waals surface area contributed by atoms with Gasteiger partial charge in [0.15, 0.2) is 0 Å². The Morgan fingerprint density at radius 1 is 1.25 bits per heavy atom. The van der Waals surface area contributed by atoms with Gasteiger partial charge in [0.2, 0.25) is 0 Å². The van der Waals surface area contributed by atoms with Crippen LogP contribution in [-0.2, 0) is 6.54 Å². The summed E-state index contributed by atoms with van der Waals surface area (Å²) < 4.78 is 12.9. The highest BCUT2D eigenvalue weighted by Crippen LogP contribution is 2.11. The molecule has 3 N–H and O–H groups in total. The van der Waals surface area contributed by atoms with Crippen LogP contribution in [0.5, 0.6) is 0 Å². The Bertz CT molecular complexity index is 440. The van der Waals surface area contributed by atoms with E-state index in [0.29, 0.717) is 12.4 Å². The maximum atomic E-state index is 12.9. The van der Waals surface area contributed by atoms with E-state index in [1.807, 2.05) is 12.1 Å². The maximum absolute atomic E-state index is 12.9. The molecule has 0 spiro atoms. The topological polar surface area (TPSA) is 50.9 Å². The van der Waals surface area contributed by atoms with Crippen LogP contribution in [0.25, 0.3) is 0 Å². The summed E-state index contributed by atoms with van der Waals surface area (Å²) in [5.74, 6) is 0.234. The summed E-state index contributed by atoms with van der Waals surface area (Å²) in [7, 11) is 0. The summed E-state index contributed by atoms with van der Waals surface area (Å²) >= 11 is 0. The Hall–Kier alpha value is -2.10.